The molecule has 0 saturated carbocycles. The Morgan fingerprint density at radius 2 is 0.902 bits per heavy atom. The highest BCUT2D eigenvalue weighted by Crippen LogP contribution is 2.27. The summed E-state index contributed by atoms with van der Waals surface area (Å²) in [5.41, 5.74) is 0. The summed E-state index contributed by atoms with van der Waals surface area (Å²) < 4.78 is 17.8. The maximum absolute atomic E-state index is 12.7. The number of hydrogen-bond donors (Lipinski definition) is 2. The lowest BCUT2D eigenvalue weighted by atomic mass is 9.97. The molecular formula is C45H88O6. The molecule has 0 spiro atoms. The first kappa shape index (κ1) is 49.7. The summed E-state index contributed by atoms with van der Waals surface area (Å²) in [6.45, 7) is 10.8. The number of allylic oxidation sites excluding steroid dienone is 2. The molecule has 0 heterocycles. The lowest BCUT2D eigenvalue weighted by Crippen LogP contribution is -2.41. The predicted molar refractivity (Wildman–Crippen MR) is 216 cm³/mol. The normalized spacial score (nSPS) is 13.9. The molecule has 2 unspecified atom stereocenters. The van der Waals surface area contributed by atoms with Crippen LogP contribution in [0.15, 0.2) is 11.5 Å². The van der Waals surface area contributed by atoms with Crippen molar-refractivity contribution in [3.05, 3.63) is 11.5 Å². The van der Waals surface area contributed by atoms with Crippen molar-refractivity contribution in [2.24, 2.45) is 5.92 Å². The fraction of sp³-hybridized carbons (Fsp3) is 0.933. The van der Waals surface area contributed by atoms with Gasteiger partial charge in [0, 0.05) is 19.3 Å². The summed E-state index contributed by atoms with van der Waals surface area (Å²) in [6.07, 6.45) is 38.3. The molecule has 6 nitrogen and oxygen atoms in total. The van der Waals surface area contributed by atoms with Gasteiger partial charge in [0.15, 0.2) is 0 Å². The second-order valence-corrected chi connectivity index (χ2v) is 15.4. The van der Waals surface area contributed by atoms with Crippen LogP contribution in [0.4, 0.5) is 0 Å². The van der Waals surface area contributed by atoms with Crippen LogP contribution in [0.25, 0.3) is 0 Å². The van der Waals surface area contributed by atoms with Crippen molar-refractivity contribution in [1.29, 1.82) is 0 Å². The monoisotopic (exact) mass is 725 g/mol. The van der Waals surface area contributed by atoms with Crippen LogP contribution in [-0.2, 0) is 19.0 Å². The molecule has 0 aromatic heterocycles. The Bertz CT molecular complexity index is 783. The SMILES string of the molecule is CCCCCCCCCCCCCCCCCCC/C(OC(O)(CO)OC(=O)CCCCCCCCC)=C(/CC)OCC(CCC)CCCCC. The van der Waals surface area contributed by atoms with Gasteiger partial charge in [-0.15, -0.1) is 0 Å². The second kappa shape index (κ2) is 37.1. The van der Waals surface area contributed by atoms with Gasteiger partial charge in [0.2, 0.25) is 0 Å². The number of unbranched alkanes of at least 4 members (excludes halogenated alkanes) is 24. The molecule has 0 fully saturated rings. The third kappa shape index (κ3) is 30.9. The Labute approximate surface area is 317 Å². The van der Waals surface area contributed by atoms with E-state index in [1.807, 2.05) is 6.92 Å². The first-order valence-electron chi connectivity index (χ1n) is 22.5. The average molecular weight is 725 g/mol. The van der Waals surface area contributed by atoms with Gasteiger partial charge in [-0.2, -0.15) is 0 Å². The maximum Gasteiger partial charge on any atom is 0.395 e. The smallest absolute Gasteiger partial charge is 0.395 e. The van der Waals surface area contributed by atoms with Crippen molar-refractivity contribution >= 4 is 5.97 Å². The molecule has 0 aromatic rings. The predicted octanol–water partition coefficient (Wildman–Crippen LogP) is 14.0. The second-order valence-electron chi connectivity index (χ2n) is 15.4. The molecule has 304 valence electrons. The largest absolute Gasteiger partial charge is 0.494 e. The van der Waals surface area contributed by atoms with E-state index in [2.05, 4.69) is 27.7 Å². The minimum atomic E-state index is -2.41. The molecule has 0 aromatic carbocycles. The van der Waals surface area contributed by atoms with E-state index in [0.29, 0.717) is 43.3 Å². The van der Waals surface area contributed by atoms with E-state index < -0.39 is 18.5 Å². The topological polar surface area (TPSA) is 85.2 Å². The lowest BCUT2D eigenvalue weighted by molar-refractivity contribution is -0.341. The van der Waals surface area contributed by atoms with Gasteiger partial charge in [-0.1, -0.05) is 202 Å². The van der Waals surface area contributed by atoms with Gasteiger partial charge in [-0.25, -0.2) is 0 Å². The van der Waals surface area contributed by atoms with Crippen molar-refractivity contribution in [2.75, 3.05) is 13.2 Å². The molecule has 51 heavy (non-hydrogen) atoms. The summed E-state index contributed by atoms with van der Waals surface area (Å²) in [5.74, 6) is -1.28. The van der Waals surface area contributed by atoms with Crippen LogP contribution in [0.2, 0.25) is 0 Å². The van der Waals surface area contributed by atoms with Crippen LogP contribution in [0.1, 0.15) is 247 Å². The average Bonchev–Trinajstić information content (AvgIpc) is 3.12. The van der Waals surface area contributed by atoms with E-state index in [0.717, 1.165) is 44.9 Å². The quantitative estimate of drug-likeness (QED) is 0.0283. The highest BCUT2D eigenvalue weighted by Gasteiger charge is 2.35. The summed E-state index contributed by atoms with van der Waals surface area (Å²) in [5, 5.41) is 21.3. The van der Waals surface area contributed by atoms with E-state index in [1.165, 1.54) is 141 Å². The summed E-state index contributed by atoms with van der Waals surface area (Å²) in [4.78, 5) is 12.7. The van der Waals surface area contributed by atoms with Crippen molar-refractivity contribution in [3.63, 3.8) is 0 Å². The molecule has 2 N–H and O–H groups in total. The third-order valence-corrected chi connectivity index (χ3v) is 10.3. The van der Waals surface area contributed by atoms with Gasteiger partial charge in [-0.05, 0) is 31.6 Å². The van der Waals surface area contributed by atoms with Crippen molar-refractivity contribution in [3.8, 4) is 0 Å². The van der Waals surface area contributed by atoms with Gasteiger partial charge in [0.25, 0.3) is 0 Å². The molecule has 0 amide bonds. The molecule has 6 heteroatoms. The van der Waals surface area contributed by atoms with E-state index in [9.17, 15) is 15.0 Å². The van der Waals surface area contributed by atoms with Gasteiger partial charge < -0.3 is 24.4 Å². The third-order valence-electron chi connectivity index (χ3n) is 10.3. The van der Waals surface area contributed by atoms with Gasteiger partial charge >= 0.3 is 11.9 Å². The Kier molecular flexibility index (Phi) is 36.1. The van der Waals surface area contributed by atoms with Gasteiger partial charge in [0.1, 0.15) is 18.1 Å². The number of carbonyl (C=O) groups excluding carboxylic acids is 1. The zero-order chi connectivity index (χ0) is 37.7. The molecule has 0 rings (SSSR count). The minimum Gasteiger partial charge on any atom is -0.494 e. The molecule has 0 aliphatic rings. The number of hydrogen-bond acceptors (Lipinski definition) is 6. The number of esters is 1. The van der Waals surface area contributed by atoms with E-state index in [-0.39, 0.29) is 6.42 Å². The first-order valence-corrected chi connectivity index (χ1v) is 22.5. The molecule has 0 aliphatic carbocycles. The molecule has 0 aliphatic heterocycles. The van der Waals surface area contributed by atoms with Crippen molar-refractivity contribution in [2.45, 2.75) is 252 Å². The molecular weight excluding hydrogens is 636 g/mol. The van der Waals surface area contributed by atoms with E-state index in [1.54, 1.807) is 0 Å². The summed E-state index contributed by atoms with van der Waals surface area (Å²) >= 11 is 0. The zero-order valence-electron chi connectivity index (χ0n) is 34.9. The number of aliphatic hydroxyl groups excluding tert-OH is 1. The zero-order valence-corrected chi connectivity index (χ0v) is 34.9. The van der Waals surface area contributed by atoms with Crippen LogP contribution >= 0.6 is 0 Å². The number of carbonyl (C=O) groups is 1. The minimum absolute atomic E-state index is 0.200. The molecule has 0 saturated heterocycles. The molecule has 0 radical (unpaired) electrons. The van der Waals surface area contributed by atoms with Crippen LogP contribution in [0.5, 0.6) is 0 Å². The fourth-order valence-corrected chi connectivity index (χ4v) is 6.99. The van der Waals surface area contributed by atoms with E-state index in [4.69, 9.17) is 14.2 Å². The van der Waals surface area contributed by atoms with Crippen LogP contribution < -0.4 is 0 Å². The van der Waals surface area contributed by atoms with Crippen LogP contribution in [0, 0.1) is 5.92 Å². The van der Waals surface area contributed by atoms with E-state index >= 15 is 0 Å². The number of ether oxygens (including phenoxy) is 3. The Hall–Kier alpha value is -1.27. The Morgan fingerprint density at radius 1 is 0.490 bits per heavy atom. The highest BCUT2D eigenvalue weighted by atomic mass is 16.8. The molecule has 2 atom stereocenters. The molecule has 0 bridgehead atoms. The summed E-state index contributed by atoms with van der Waals surface area (Å²) in [7, 11) is 0. The van der Waals surface area contributed by atoms with Gasteiger partial charge in [-0.3, -0.25) is 4.79 Å². The lowest BCUT2D eigenvalue weighted by Gasteiger charge is -2.29. The Morgan fingerprint density at radius 3 is 1.31 bits per heavy atom. The van der Waals surface area contributed by atoms with Crippen molar-refractivity contribution < 1.29 is 29.2 Å². The maximum atomic E-state index is 12.7. The first-order chi connectivity index (χ1) is 24.9. The summed E-state index contributed by atoms with van der Waals surface area (Å²) in [6, 6.07) is 0. The number of rotatable bonds is 40. The Balaban J connectivity index is 4.93. The van der Waals surface area contributed by atoms with Crippen molar-refractivity contribution in [1.82, 2.24) is 0 Å². The highest BCUT2D eigenvalue weighted by molar-refractivity contribution is 5.69. The number of aliphatic hydroxyl groups is 2. The fourth-order valence-electron chi connectivity index (χ4n) is 6.99. The van der Waals surface area contributed by atoms with Crippen LogP contribution in [0.3, 0.4) is 0 Å². The van der Waals surface area contributed by atoms with Crippen LogP contribution in [-0.4, -0.2) is 35.4 Å². The van der Waals surface area contributed by atoms with Gasteiger partial charge in [0.05, 0.1) is 6.61 Å². The standard InChI is InChI=1S/C45H88O6/c1-6-11-14-16-18-19-20-21-22-23-24-25-26-27-29-30-33-37-43(42(10-5)49-39-41(35-9-4)36-32-13-8-3)50-45(48,40-46)51-44(47)38-34-31-28-17-15-12-7-2/h41,46,48H,6-40H2,1-5H3/b43-42+.